The zero-order valence-electron chi connectivity index (χ0n) is 6.39. The molecular formula is C4AlF9O. The van der Waals surface area contributed by atoms with Gasteiger partial charge in [-0.3, -0.25) is 0 Å². The first-order valence-electron chi connectivity index (χ1n) is 2.89. The van der Waals surface area contributed by atoms with Gasteiger partial charge in [-0.25, -0.2) is 0 Å². The minimum atomic E-state index is -6.66. The summed E-state index contributed by atoms with van der Waals surface area (Å²) in [6.45, 7) is 0. The predicted molar refractivity (Wildman–Crippen MR) is 27.7 cm³/mol. The van der Waals surface area contributed by atoms with Gasteiger partial charge in [0, 0.05) is 0 Å². The van der Waals surface area contributed by atoms with Crippen molar-refractivity contribution in [1.82, 2.24) is 0 Å². The van der Waals surface area contributed by atoms with Gasteiger partial charge < -0.3 is 3.79 Å². The van der Waals surface area contributed by atoms with Crippen molar-refractivity contribution in [2.75, 3.05) is 0 Å². The van der Waals surface area contributed by atoms with Gasteiger partial charge in [0.25, 0.3) is 0 Å². The van der Waals surface area contributed by atoms with Crippen LogP contribution in [0.5, 0.6) is 0 Å². The van der Waals surface area contributed by atoms with Crippen LogP contribution in [0.4, 0.5) is 39.5 Å². The molecule has 0 aromatic heterocycles. The minimum absolute atomic E-state index is 0.325. The predicted octanol–water partition coefficient (Wildman–Crippen LogP) is 2.51. The Morgan fingerprint density at radius 1 is 0.600 bits per heavy atom. The lowest BCUT2D eigenvalue weighted by Crippen LogP contribution is -2.67. The van der Waals surface area contributed by atoms with E-state index in [1.54, 1.807) is 0 Å². The van der Waals surface area contributed by atoms with Gasteiger partial charge in [-0.15, -0.1) is 0 Å². The van der Waals surface area contributed by atoms with Crippen LogP contribution in [0.25, 0.3) is 0 Å². The summed E-state index contributed by atoms with van der Waals surface area (Å²) >= 11 is 0.325. The number of hydrogen-bond acceptors (Lipinski definition) is 1. The molecule has 0 rings (SSSR count). The maximum Gasteiger partial charge on any atom is 0.433 e. The molecule has 0 spiro atoms. The number of alkyl halides is 9. The smallest absolute Gasteiger partial charge is 0.433 e. The lowest BCUT2D eigenvalue weighted by molar-refractivity contribution is -0.437. The molecule has 0 aromatic carbocycles. The Labute approximate surface area is 84.9 Å². The highest BCUT2D eigenvalue weighted by Crippen LogP contribution is 2.54. The summed E-state index contributed by atoms with van der Waals surface area (Å²) in [5.41, 5.74) is -6.18. The third kappa shape index (κ3) is 2.19. The third-order valence-corrected chi connectivity index (χ3v) is 1.73. The molecule has 0 heterocycles. The van der Waals surface area contributed by atoms with E-state index in [0.29, 0.717) is 16.6 Å². The summed E-state index contributed by atoms with van der Waals surface area (Å²) in [7, 11) is 0. The average Bonchev–Trinajstić information content (AvgIpc) is 1.76. The van der Waals surface area contributed by atoms with Crippen LogP contribution in [0.2, 0.25) is 0 Å². The first-order chi connectivity index (χ1) is 6.31. The summed E-state index contributed by atoms with van der Waals surface area (Å²) in [6, 6.07) is 0. The van der Waals surface area contributed by atoms with E-state index < -0.39 is 24.1 Å². The zero-order valence-corrected chi connectivity index (χ0v) is 7.54. The van der Waals surface area contributed by atoms with Gasteiger partial charge in [-0.05, 0) is 0 Å². The van der Waals surface area contributed by atoms with Crippen LogP contribution in [0.1, 0.15) is 0 Å². The summed E-state index contributed by atoms with van der Waals surface area (Å²) in [4.78, 5) is 0. The van der Waals surface area contributed by atoms with E-state index >= 15 is 0 Å². The zero-order chi connectivity index (χ0) is 12.7. The second kappa shape index (κ2) is 3.71. The highest BCUT2D eigenvalue weighted by Gasteiger charge is 2.83. The molecule has 0 amide bonds. The van der Waals surface area contributed by atoms with Crippen LogP contribution < -0.4 is 0 Å². The molecule has 15 heavy (non-hydrogen) atoms. The molecular weight excluding hydrogens is 262 g/mol. The molecule has 0 aliphatic carbocycles. The summed E-state index contributed by atoms with van der Waals surface area (Å²) < 4.78 is 109. The van der Waals surface area contributed by atoms with Crippen LogP contribution in [-0.2, 0) is 3.79 Å². The topological polar surface area (TPSA) is 9.23 Å². The fourth-order valence-corrected chi connectivity index (χ4v) is 1.08. The molecule has 0 aliphatic rings. The quantitative estimate of drug-likeness (QED) is 0.521. The second-order valence-corrected chi connectivity index (χ2v) is 2.53. The fraction of sp³-hybridized carbons (Fsp3) is 1.00. The molecule has 88 valence electrons. The molecule has 0 fully saturated rings. The van der Waals surface area contributed by atoms with Crippen molar-refractivity contribution in [2.24, 2.45) is 0 Å². The largest absolute Gasteiger partial charge is 0.492 e. The van der Waals surface area contributed by atoms with Crippen LogP contribution in [-0.4, -0.2) is 40.8 Å². The van der Waals surface area contributed by atoms with E-state index in [4.69, 9.17) is 0 Å². The molecule has 0 N–H and O–H groups in total. The van der Waals surface area contributed by atoms with Crippen LogP contribution in [0, 0.1) is 0 Å². The molecule has 0 aromatic rings. The Hall–Kier alpha value is -0.138. The van der Waals surface area contributed by atoms with Crippen molar-refractivity contribution < 1.29 is 43.3 Å². The minimum Gasteiger partial charge on any atom is -0.492 e. The number of rotatable bonds is 1. The lowest BCUT2D eigenvalue weighted by Gasteiger charge is -2.38. The molecule has 0 saturated carbocycles. The third-order valence-electron chi connectivity index (χ3n) is 1.37. The Morgan fingerprint density at radius 3 is 0.800 bits per heavy atom. The molecule has 0 saturated heterocycles. The normalized spacial score (nSPS) is 15.5. The molecule has 0 atom stereocenters. The SMILES string of the molecule is FC(F)(F)C([O][Al])(C(F)(F)F)C(F)(F)F. The van der Waals surface area contributed by atoms with Gasteiger partial charge in [0.2, 0.25) is 0 Å². The van der Waals surface area contributed by atoms with Crippen molar-refractivity contribution in [1.29, 1.82) is 0 Å². The van der Waals surface area contributed by atoms with E-state index in [1.807, 2.05) is 0 Å². The highest BCUT2D eigenvalue weighted by atomic mass is 27.1. The molecule has 11 heteroatoms. The second-order valence-electron chi connectivity index (χ2n) is 2.29. The summed E-state index contributed by atoms with van der Waals surface area (Å²) in [5.74, 6) is 0. The molecule has 1 nitrogen and oxygen atoms in total. The van der Waals surface area contributed by atoms with Gasteiger partial charge in [0.05, 0.1) is 0 Å². The van der Waals surface area contributed by atoms with Crippen LogP contribution >= 0.6 is 0 Å². The van der Waals surface area contributed by atoms with Crippen molar-refractivity contribution in [3.63, 3.8) is 0 Å². The standard InChI is InChI=1S/C4F9O.Al/c5-2(6,7)1(14,3(8,9)10)4(11,12)13;/q-1;+1. The Kier molecular flexibility index (Phi) is 3.68. The molecule has 0 unspecified atom stereocenters. The van der Waals surface area contributed by atoms with Crippen molar-refractivity contribution in [3.05, 3.63) is 0 Å². The van der Waals surface area contributed by atoms with Gasteiger partial charge in [-0.2, -0.15) is 39.5 Å². The van der Waals surface area contributed by atoms with Crippen molar-refractivity contribution in [3.8, 4) is 0 Å². The van der Waals surface area contributed by atoms with E-state index in [1.165, 1.54) is 0 Å². The van der Waals surface area contributed by atoms with Gasteiger partial charge >= 0.3 is 40.8 Å². The molecule has 0 bridgehead atoms. The molecule has 2 radical (unpaired) electrons. The van der Waals surface area contributed by atoms with Crippen LogP contribution in [0.3, 0.4) is 0 Å². The average molecular weight is 262 g/mol. The first-order valence-corrected chi connectivity index (χ1v) is 3.36. The van der Waals surface area contributed by atoms with Gasteiger partial charge in [0.1, 0.15) is 0 Å². The number of halogens is 9. The highest BCUT2D eigenvalue weighted by molar-refractivity contribution is 5.98. The van der Waals surface area contributed by atoms with E-state index in [9.17, 15) is 39.5 Å². The monoisotopic (exact) mass is 262 g/mol. The van der Waals surface area contributed by atoms with Gasteiger partial charge in [0.15, 0.2) is 0 Å². The Bertz CT molecular complexity index is 188. The van der Waals surface area contributed by atoms with E-state index in [-0.39, 0.29) is 0 Å². The van der Waals surface area contributed by atoms with Gasteiger partial charge in [-0.1, -0.05) is 0 Å². The summed E-state index contributed by atoms with van der Waals surface area (Å²) in [5, 5.41) is 0. The Morgan fingerprint density at radius 2 is 0.800 bits per heavy atom. The maximum absolute atomic E-state index is 11.8. The summed E-state index contributed by atoms with van der Waals surface area (Å²) in [6.07, 6.45) is -20.0. The van der Waals surface area contributed by atoms with Crippen molar-refractivity contribution >= 4 is 16.6 Å². The van der Waals surface area contributed by atoms with Crippen molar-refractivity contribution in [2.45, 2.75) is 24.1 Å². The van der Waals surface area contributed by atoms with E-state index in [2.05, 4.69) is 3.79 Å². The first kappa shape index (κ1) is 14.9. The van der Waals surface area contributed by atoms with E-state index in [0.717, 1.165) is 0 Å². The Balaban J connectivity index is 5.78. The number of hydrogen-bond donors (Lipinski definition) is 0. The lowest BCUT2D eigenvalue weighted by atomic mass is 10.0. The fourth-order valence-electron chi connectivity index (χ4n) is 0.683. The molecule has 0 aliphatic heterocycles. The maximum atomic E-state index is 11.8. The van der Waals surface area contributed by atoms with Crippen LogP contribution in [0.15, 0.2) is 0 Å².